The quantitative estimate of drug-likeness (QED) is 0.209. The number of carbonyl (C=O) groups is 1. The van der Waals surface area contributed by atoms with Crippen LogP contribution in [-0.2, 0) is 4.79 Å². The minimum Gasteiger partial charge on any atom is -0.457 e. The molecule has 7 nitrogen and oxygen atoms in total. The van der Waals surface area contributed by atoms with Gasteiger partial charge in [0.15, 0.2) is 0 Å². The monoisotopic (exact) mass is 455 g/mol. The number of nitrogens with one attached hydrogen (secondary N) is 1. The number of hydrogen-bond donors (Lipinski definition) is 1. The average Bonchev–Trinajstić information content (AvgIpc) is 3.19. The summed E-state index contributed by atoms with van der Waals surface area (Å²) in [6.07, 6.45) is 1.27. The van der Waals surface area contributed by atoms with Crippen LogP contribution in [0, 0.1) is 35.3 Å². The zero-order valence-electron chi connectivity index (χ0n) is 16.4. The second-order valence-electron chi connectivity index (χ2n) is 6.62. The molecule has 2 aromatic carbocycles. The molecule has 31 heavy (non-hydrogen) atoms. The summed E-state index contributed by atoms with van der Waals surface area (Å²) < 4.78 is 5.70. The molecular weight excluding hydrogens is 441 g/mol. The predicted molar refractivity (Wildman–Crippen MR) is 119 cm³/mol. The smallest absolute Gasteiger partial charge is 0.273 e. The Balaban J connectivity index is 1.89. The van der Waals surface area contributed by atoms with Crippen LogP contribution in [0.4, 0.5) is 11.4 Å². The number of amides is 1. The highest BCUT2D eigenvalue weighted by Crippen LogP contribution is 2.32. The molecule has 1 N–H and O–H groups in total. The molecule has 1 aromatic heterocycles. The molecule has 0 saturated heterocycles. The van der Waals surface area contributed by atoms with E-state index in [0.717, 1.165) is 5.56 Å². The molecule has 9 heteroatoms. The number of nitriles is 1. The van der Waals surface area contributed by atoms with Gasteiger partial charge in [-0.3, -0.25) is 14.9 Å². The van der Waals surface area contributed by atoms with Gasteiger partial charge in [0.1, 0.15) is 23.2 Å². The van der Waals surface area contributed by atoms with Gasteiger partial charge in [-0.05, 0) is 49.7 Å². The zero-order valence-corrected chi connectivity index (χ0v) is 17.9. The standard InChI is InChI=1S/C22H15Cl2N3O4/c1-12-8-14(10-19(13(12)2)27(29)30)20-7-6-16(31-20)9-15(11-25)22(28)26-18-5-3-4-17(23)21(18)24/h3-10H,1-2H3,(H,26,28)/b15-9-. The molecule has 0 bridgehead atoms. The van der Waals surface area contributed by atoms with E-state index in [1.54, 1.807) is 50.2 Å². The summed E-state index contributed by atoms with van der Waals surface area (Å²) in [4.78, 5) is 23.3. The van der Waals surface area contributed by atoms with Gasteiger partial charge in [-0.2, -0.15) is 5.26 Å². The lowest BCUT2D eigenvalue weighted by Gasteiger charge is -2.07. The maximum atomic E-state index is 12.5. The van der Waals surface area contributed by atoms with E-state index in [1.807, 2.05) is 6.07 Å². The van der Waals surface area contributed by atoms with Crippen LogP contribution >= 0.6 is 23.2 Å². The summed E-state index contributed by atoms with van der Waals surface area (Å²) in [5.74, 6) is -0.0840. The molecule has 0 radical (unpaired) electrons. The van der Waals surface area contributed by atoms with Crippen molar-refractivity contribution in [2.45, 2.75) is 13.8 Å². The van der Waals surface area contributed by atoms with Gasteiger partial charge in [0.25, 0.3) is 11.6 Å². The number of benzene rings is 2. The first-order valence-electron chi connectivity index (χ1n) is 8.94. The number of carbonyl (C=O) groups excluding carboxylic acids is 1. The summed E-state index contributed by atoms with van der Waals surface area (Å²) in [5, 5.41) is 23.6. The summed E-state index contributed by atoms with van der Waals surface area (Å²) in [5.41, 5.74) is 1.87. The normalized spacial score (nSPS) is 11.1. The van der Waals surface area contributed by atoms with Gasteiger partial charge >= 0.3 is 0 Å². The van der Waals surface area contributed by atoms with Crippen molar-refractivity contribution in [2.24, 2.45) is 0 Å². The van der Waals surface area contributed by atoms with Crippen molar-refractivity contribution in [3.8, 4) is 17.4 Å². The largest absolute Gasteiger partial charge is 0.457 e. The Morgan fingerprint density at radius 2 is 1.97 bits per heavy atom. The van der Waals surface area contributed by atoms with Crippen molar-refractivity contribution in [3.63, 3.8) is 0 Å². The highest BCUT2D eigenvalue weighted by Gasteiger charge is 2.17. The molecule has 0 aliphatic rings. The van der Waals surface area contributed by atoms with E-state index in [1.165, 1.54) is 12.1 Å². The Labute approximate surface area is 187 Å². The predicted octanol–water partition coefficient (Wildman–Crippen LogP) is 6.32. The van der Waals surface area contributed by atoms with E-state index < -0.39 is 10.8 Å². The first kappa shape index (κ1) is 22.1. The lowest BCUT2D eigenvalue weighted by Crippen LogP contribution is -2.13. The molecule has 1 heterocycles. The maximum Gasteiger partial charge on any atom is 0.273 e. The molecule has 0 saturated carbocycles. The Morgan fingerprint density at radius 3 is 2.65 bits per heavy atom. The van der Waals surface area contributed by atoms with Gasteiger partial charge in [0.2, 0.25) is 0 Å². The Bertz CT molecular complexity index is 1270. The van der Waals surface area contributed by atoms with Crippen LogP contribution < -0.4 is 5.32 Å². The number of rotatable bonds is 5. The highest BCUT2D eigenvalue weighted by molar-refractivity contribution is 6.44. The fourth-order valence-corrected chi connectivity index (χ4v) is 3.19. The highest BCUT2D eigenvalue weighted by atomic mass is 35.5. The van der Waals surface area contributed by atoms with Crippen molar-refractivity contribution >= 4 is 46.6 Å². The van der Waals surface area contributed by atoms with Crippen LogP contribution in [0.25, 0.3) is 17.4 Å². The average molecular weight is 456 g/mol. The Morgan fingerprint density at radius 1 is 1.23 bits per heavy atom. The molecule has 3 rings (SSSR count). The molecule has 156 valence electrons. The molecule has 0 spiro atoms. The minimum atomic E-state index is -0.688. The van der Waals surface area contributed by atoms with Gasteiger partial charge in [-0.25, -0.2) is 0 Å². The summed E-state index contributed by atoms with van der Waals surface area (Å²) in [6, 6.07) is 12.9. The van der Waals surface area contributed by atoms with Gasteiger partial charge < -0.3 is 9.73 Å². The SMILES string of the molecule is Cc1cc(-c2ccc(/C=C(/C#N)C(=O)Nc3cccc(Cl)c3Cl)o2)cc([N+](=O)[O-])c1C. The summed E-state index contributed by atoms with van der Waals surface area (Å²) in [7, 11) is 0. The summed E-state index contributed by atoms with van der Waals surface area (Å²) in [6.45, 7) is 3.45. The molecule has 0 fully saturated rings. The minimum absolute atomic E-state index is 0.0148. The number of nitrogens with zero attached hydrogens (tertiary/aromatic N) is 2. The van der Waals surface area contributed by atoms with Crippen molar-refractivity contribution in [2.75, 3.05) is 5.32 Å². The van der Waals surface area contributed by atoms with Crippen LogP contribution in [0.3, 0.4) is 0 Å². The van der Waals surface area contributed by atoms with E-state index in [2.05, 4.69) is 5.32 Å². The van der Waals surface area contributed by atoms with Gasteiger partial charge in [-0.1, -0.05) is 29.3 Å². The zero-order chi connectivity index (χ0) is 22.7. The first-order valence-corrected chi connectivity index (χ1v) is 9.70. The van der Waals surface area contributed by atoms with Crippen LogP contribution in [0.2, 0.25) is 10.0 Å². The molecule has 0 aliphatic heterocycles. The van der Waals surface area contributed by atoms with Crippen LogP contribution in [0.1, 0.15) is 16.9 Å². The van der Waals surface area contributed by atoms with Crippen molar-refractivity contribution in [3.05, 3.63) is 85.1 Å². The number of nitro groups is 1. The number of aryl methyl sites for hydroxylation is 1. The number of halogens is 2. The lowest BCUT2D eigenvalue weighted by molar-refractivity contribution is -0.385. The molecule has 0 unspecified atom stereocenters. The Hall–Kier alpha value is -3.60. The van der Waals surface area contributed by atoms with E-state index in [0.29, 0.717) is 16.9 Å². The van der Waals surface area contributed by atoms with Crippen molar-refractivity contribution < 1.29 is 14.1 Å². The van der Waals surface area contributed by atoms with Gasteiger partial charge in [0, 0.05) is 23.3 Å². The van der Waals surface area contributed by atoms with E-state index in [-0.39, 0.29) is 32.8 Å². The first-order chi connectivity index (χ1) is 14.7. The second-order valence-corrected chi connectivity index (χ2v) is 7.41. The fraction of sp³-hybridized carbons (Fsp3) is 0.0909. The third kappa shape index (κ3) is 4.77. The molecular formula is C22H15Cl2N3O4. The van der Waals surface area contributed by atoms with Gasteiger partial charge in [0.05, 0.1) is 20.7 Å². The second kappa shape index (κ2) is 9.04. The number of hydrogen-bond acceptors (Lipinski definition) is 5. The topological polar surface area (TPSA) is 109 Å². The van der Waals surface area contributed by atoms with Crippen LogP contribution in [0.5, 0.6) is 0 Å². The Kier molecular flexibility index (Phi) is 6.44. The molecule has 0 aliphatic carbocycles. The van der Waals surface area contributed by atoms with Gasteiger partial charge in [-0.15, -0.1) is 0 Å². The number of anilines is 1. The molecule has 3 aromatic rings. The lowest BCUT2D eigenvalue weighted by atomic mass is 10.0. The number of nitro benzene ring substituents is 1. The van der Waals surface area contributed by atoms with E-state index in [9.17, 15) is 20.2 Å². The van der Waals surface area contributed by atoms with Crippen molar-refractivity contribution in [1.82, 2.24) is 0 Å². The maximum absolute atomic E-state index is 12.5. The van der Waals surface area contributed by atoms with E-state index in [4.69, 9.17) is 27.6 Å². The molecule has 0 atom stereocenters. The third-order valence-electron chi connectivity index (χ3n) is 4.60. The van der Waals surface area contributed by atoms with Crippen LogP contribution in [0.15, 0.2) is 52.5 Å². The molecule has 1 amide bonds. The van der Waals surface area contributed by atoms with Crippen LogP contribution in [-0.4, -0.2) is 10.8 Å². The fourth-order valence-electron chi connectivity index (χ4n) is 2.84. The van der Waals surface area contributed by atoms with E-state index >= 15 is 0 Å². The van der Waals surface area contributed by atoms with Crippen molar-refractivity contribution in [1.29, 1.82) is 5.26 Å². The third-order valence-corrected chi connectivity index (χ3v) is 5.42. The number of furan rings is 1. The summed E-state index contributed by atoms with van der Waals surface area (Å²) >= 11 is 12.0.